The Bertz CT molecular complexity index is 650. The molecule has 2 aromatic carbocycles. The topological polar surface area (TPSA) is 35.5 Å². The third kappa shape index (κ3) is 2.79. The lowest BCUT2D eigenvalue weighted by molar-refractivity contribution is 0.0600. The van der Waals surface area contributed by atoms with E-state index < -0.39 is 5.97 Å². The van der Waals surface area contributed by atoms with Gasteiger partial charge in [-0.1, -0.05) is 11.6 Å². The van der Waals surface area contributed by atoms with Crippen LogP contribution in [0.3, 0.4) is 0 Å². The van der Waals surface area contributed by atoms with Gasteiger partial charge in [0, 0.05) is 5.56 Å². The fourth-order valence-corrected chi connectivity index (χ4v) is 1.97. The molecule has 0 unspecified atom stereocenters. The van der Waals surface area contributed by atoms with E-state index in [9.17, 15) is 9.18 Å². The maximum atomic E-state index is 13.9. The normalized spacial score (nSPS) is 10.2. The highest BCUT2D eigenvalue weighted by atomic mass is 19.1. The second-order valence-electron chi connectivity index (χ2n) is 4.43. The number of aryl methyl sites for hydroxylation is 1. The molecule has 0 saturated heterocycles. The quantitative estimate of drug-likeness (QED) is 0.802. The van der Waals surface area contributed by atoms with Gasteiger partial charge in [-0.25, -0.2) is 9.18 Å². The zero-order chi connectivity index (χ0) is 14.7. The first-order chi connectivity index (χ1) is 9.55. The smallest absolute Gasteiger partial charge is 0.338 e. The highest BCUT2D eigenvalue weighted by Gasteiger charge is 2.13. The molecule has 20 heavy (non-hydrogen) atoms. The van der Waals surface area contributed by atoms with Gasteiger partial charge in [-0.2, -0.15) is 0 Å². The molecule has 0 bridgehead atoms. The minimum absolute atomic E-state index is 0.322. The third-order valence-corrected chi connectivity index (χ3v) is 3.00. The van der Waals surface area contributed by atoms with Crippen molar-refractivity contribution in [2.24, 2.45) is 0 Å². The molecular formula is C16H15FO3. The molecule has 0 aliphatic carbocycles. The summed E-state index contributed by atoms with van der Waals surface area (Å²) in [5.74, 6) is -0.360. The summed E-state index contributed by atoms with van der Waals surface area (Å²) in [5, 5.41) is 0. The standard InChI is InChI=1S/C16H15FO3/c1-10-4-5-15(17)14(6-10)11-7-12(16(18)20-3)9-13(8-11)19-2/h4-9H,1-3H3. The van der Waals surface area contributed by atoms with Crippen LogP contribution in [0.1, 0.15) is 15.9 Å². The Kier molecular flexibility index (Phi) is 4.03. The van der Waals surface area contributed by atoms with Crippen molar-refractivity contribution in [3.05, 3.63) is 53.3 Å². The number of hydrogen-bond acceptors (Lipinski definition) is 3. The van der Waals surface area contributed by atoms with Gasteiger partial charge in [-0.05, 0) is 42.8 Å². The number of esters is 1. The lowest BCUT2D eigenvalue weighted by Gasteiger charge is -2.10. The minimum Gasteiger partial charge on any atom is -0.497 e. The van der Waals surface area contributed by atoms with Crippen LogP contribution in [-0.4, -0.2) is 20.2 Å². The molecule has 0 spiro atoms. The van der Waals surface area contributed by atoms with Crippen LogP contribution in [0.25, 0.3) is 11.1 Å². The van der Waals surface area contributed by atoms with E-state index in [1.54, 1.807) is 30.3 Å². The Hall–Kier alpha value is -2.36. The van der Waals surface area contributed by atoms with Gasteiger partial charge in [0.05, 0.1) is 19.8 Å². The molecule has 4 heteroatoms. The van der Waals surface area contributed by atoms with Crippen molar-refractivity contribution in [1.82, 2.24) is 0 Å². The van der Waals surface area contributed by atoms with Gasteiger partial charge in [-0.3, -0.25) is 0 Å². The molecule has 0 saturated carbocycles. The maximum Gasteiger partial charge on any atom is 0.338 e. The van der Waals surface area contributed by atoms with Crippen molar-refractivity contribution in [2.75, 3.05) is 14.2 Å². The Morgan fingerprint density at radius 2 is 1.85 bits per heavy atom. The van der Waals surface area contributed by atoms with E-state index in [0.29, 0.717) is 22.4 Å². The van der Waals surface area contributed by atoms with Gasteiger partial charge < -0.3 is 9.47 Å². The molecule has 0 fully saturated rings. The summed E-state index contributed by atoms with van der Waals surface area (Å²) in [5.41, 5.74) is 2.26. The summed E-state index contributed by atoms with van der Waals surface area (Å²) in [7, 11) is 2.79. The first-order valence-corrected chi connectivity index (χ1v) is 6.09. The van der Waals surface area contributed by atoms with Crippen LogP contribution < -0.4 is 4.74 Å². The minimum atomic E-state index is -0.488. The molecule has 104 valence electrons. The zero-order valence-electron chi connectivity index (χ0n) is 11.6. The SMILES string of the molecule is COC(=O)c1cc(OC)cc(-c2cc(C)ccc2F)c1. The number of hydrogen-bond donors (Lipinski definition) is 0. The molecule has 3 nitrogen and oxygen atoms in total. The summed E-state index contributed by atoms with van der Waals surface area (Å²) in [4.78, 5) is 11.6. The van der Waals surface area contributed by atoms with Gasteiger partial charge in [0.15, 0.2) is 0 Å². The monoisotopic (exact) mass is 274 g/mol. The van der Waals surface area contributed by atoms with Crippen LogP contribution in [-0.2, 0) is 4.74 Å². The number of ether oxygens (including phenoxy) is 2. The van der Waals surface area contributed by atoms with E-state index in [4.69, 9.17) is 9.47 Å². The highest BCUT2D eigenvalue weighted by Crippen LogP contribution is 2.29. The lowest BCUT2D eigenvalue weighted by atomic mass is 10.0. The van der Waals surface area contributed by atoms with Gasteiger partial charge in [0.2, 0.25) is 0 Å². The number of benzene rings is 2. The molecule has 0 aliphatic rings. The second kappa shape index (κ2) is 5.74. The van der Waals surface area contributed by atoms with E-state index in [0.717, 1.165) is 5.56 Å². The second-order valence-corrected chi connectivity index (χ2v) is 4.43. The molecule has 0 radical (unpaired) electrons. The maximum absolute atomic E-state index is 13.9. The molecule has 0 heterocycles. The number of carbonyl (C=O) groups is 1. The predicted molar refractivity (Wildman–Crippen MR) is 74.5 cm³/mol. The van der Waals surface area contributed by atoms with Crippen LogP contribution in [0.15, 0.2) is 36.4 Å². The first-order valence-electron chi connectivity index (χ1n) is 6.09. The predicted octanol–water partition coefficient (Wildman–Crippen LogP) is 3.60. The van der Waals surface area contributed by atoms with Crippen molar-refractivity contribution in [2.45, 2.75) is 6.92 Å². The molecular weight excluding hydrogens is 259 g/mol. The Balaban J connectivity index is 2.61. The number of halogens is 1. The van der Waals surface area contributed by atoms with E-state index in [1.165, 1.54) is 20.3 Å². The molecule has 0 amide bonds. The first kappa shape index (κ1) is 14.1. The van der Waals surface area contributed by atoms with Crippen molar-refractivity contribution in [3.8, 4) is 16.9 Å². The highest BCUT2D eigenvalue weighted by molar-refractivity contribution is 5.91. The van der Waals surface area contributed by atoms with E-state index >= 15 is 0 Å². The summed E-state index contributed by atoms with van der Waals surface area (Å²) >= 11 is 0. The van der Waals surface area contributed by atoms with Gasteiger partial charge in [-0.15, -0.1) is 0 Å². The Labute approximate surface area is 117 Å². The molecule has 0 aromatic heterocycles. The summed E-state index contributed by atoms with van der Waals surface area (Å²) in [6.07, 6.45) is 0. The number of carbonyl (C=O) groups excluding carboxylic acids is 1. The van der Waals surface area contributed by atoms with Gasteiger partial charge >= 0.3 is 5.97 Å². The number of rotatable bonds is 3. The van der Waals surface area contributed by atoms with Crippen molar-refractivity contribution < 1.29 is 18.7 Å². The molecule has 2 aromatic rings. The van der Waals surface area contributed by atoms with Gasteiger partial charge in [0.1, 0.15) is 11.6 Å². The van der Waals surface area contributed by atoms with Crippen LogP contribution in [0.2, 0.25) is 0 Å². The van der Waals surface area contributed by atoms with E-state index in [2.05, 4.69) is 0 Å². The lowest BCUT2D eigenvalue weighted by Crippen LogP contribution is -2.02. The summed E-state index contributed by atoms with van der Waals surface area (Å²) in [6, 6.07) is 9.66. The van der Waals surface area contributed by atoms with Crippen molar-refractivity contribution in [1.29, 1.82) is 0 Å². The number of methoxy groups -OCH3 is 2. The van der Waals surface area contributed by atoms with Crippen LogP contribution in [0, 0.1) is 12.7 Å². The van der Waals surface area contributed by atoms with E-state index in [1.807, 2.05) is 6.92 Å². The van der Waals surface area contributed by atoms with Crippen LogP contribution in [0.4, 0.5) is 4.39 Å². The van der Waals surface area contributed by atoms with Crippen molar-refractivity contribution >= 4 is 5.97 Å². The van der Waals surface area contributed by atoms with E-state index in [-0.39, 0.29) is 5.82 Å². The molecule has 2 rings (SSSR count). The molecule has 0 atom stereocenters. The average molecular weight is 274 g/mol. The zero-order valence-corrected chi connectivity index (χ0v) is 11.6. The largest absolute Gasteiger partial charge is 0.497 e. The summed E-state index contributed by atoms with van der Waals surface area (Å²) in [6.45, 7) is 1.88. The Morgan fingerprint density at radius 1 is 1.10 bits per heavy atom. The third-order valence-electron chi connectivity index (χ3n) is 3.00. The fourth-order valence-electron chi connectivity index (χ4n) is 1.97. The Morgan fingerprint density at radius 3 is 2.50 bits per heavy atom. The van der Waals surface area contributed by atoms with Crippen molar-refractivity contribution in [3.63, 3.8) is 0 Å². The average Bonchev–Trinajstić information content (AvgIpc) is 2.48. The van der Waals surface area contributed by atoms with Crippen LogP contribution in [0.5, 0.6) is 5.75 Å². The summed E-state index contributed by atoms with van der Waals surface area (Å²) < 4.78 is 23.8. The molecule has 0 aliphatic heterocycles. The van der Waals surface area contributed by atoms with Gasteiger partial charge in [0.25, 0.3) is 0 Å². The molecule has 0 N–H and O–H groups in total. The van der Waals surface area contributed by atoms with Crippen LogP contribution >= 0.6 is 0 Å². The fraction of sp³-hybridized carbons (Fsp3) is 0.188.